The van der Waals surface area contributed by atoms with Crippen molar-refractivity contribution in [2.75, 3.05) is 13.2 Å². The number of benzene rings is 1. The fraction of sp³-hybridized carbons (Fsp3) is 0.385. The quantitative estimate of drug-likeness (QED) is 0.402. The van der Waals surface area contributed by atoms with Crippen molar-refractivity contribution in [2.45, 2.75) is 18.9 Å². The third kappa shape index (κ3) is 2.71. The molecule has 19 heavy (non-hydrogen) atoms. The van der Waals surface area contributed by atoms with Crippen LogP contribution in [0.15, 0.2) is 27.7 Å². The lowest BCUT2D eigenvalue weighted by molar-refractivity contribution is 0.415. The first kappa shape index (κ1) is 13.8. The van der Waals surface area contributed by atoms with Gasteiger partial charge >= 0.3 is 0 Å². The van der Waals surface area contributed by atoms with E-state index in [9.17, 15) is 9.65 Å². The number of hydrogen-bond acceptors (Lipinski definition) is 2. The number of guanidine groups is 1. The maximum absolute atomic E-state index is 12.1. The van der Waals surface area contributed by atoms with Gasteiger partial charge in [-0.05, 0) is 30.0 Å². The maximum Gasteiger partial charge on any atom is 0.205 e. The predicted octanol–water partition coefficient (Wildman–Crippen LogP) is 2.50. The van der Waals surface area contributed by atoms with Crippen molar-refractivity contribution in [3.63, 3.8) is 0 Å². The van der Waals surface area contributed by atoms with Crippen LogP contribution in [0.1, 0.15) is 23.6 Å². The summed E-state index contributed by atoms with van der Waals surface area (Å²) in [5, 5.41) is 9.28. The van der Waals surface area contributed by atoms with Crippen LogP contribution in [0.25, 0.3) is 0 Å². The molecular weight excluding hydrogens is 311 g/mol. The predicted molar refractivity (Wildman–Crippen MR) is 75.1 cm³/mol. The second-order valence-electron chi connectivity index (χ2n) is 4.27. The van der Waals surface area contributed by atoms with Gasteiger partial charge in [0.05, 0.1) is 12.6 Å². The Morgan fingerprint density at radius 1 is 1.63 bits per heavy atom. The van der Waals surface area contributed by atoms with E-state index in [1.807, 2.05) is 18.2 Å². The summed E-state index contributed by atoms with van der Waals surface area (Å²) in [6.07, 6.45) is 3.75. The summed E-state index contributed by atoms with van der Waals surface area (Å²) in [5.41, 5.74) is 8.05. The standard InChI is InChI=1S/C13H14BrFN4/c14-10-3-1-2-9-4-5-11(12(9)10)19(8-16)13(17)18-7-6-15/h1-3,11H,4-7H2,(H2,17,18). The van der Waals surface area contributed by atoms with Gasteiger partial charge in [-0.15, -0.1) is 0 Å². The number of hydrogen-bond donors (Lipinski definition) is 1. The zero-order valence-electron chi connectivity index (χ0n) is 10.3. The smallest absolute Gasteiger partial charge is 0.205 e. The van der Waals surface area contributed by atoms with Crippen molar-refractivity contribution >= 4 is 21.9 Å². The van der Waals surface area contributed by atoms with E-state index in [0.29, 0.717) is 0 Å². The molecule has 4 nitrogen and oxygen atoms in total. The first-order valence-corrected chi connectivity index (χ1v) is 6.80. The zero-order chi connectivity index (χ0) is 13.8. The fourth-order valence-electron chi connectivity index (χ4n) is 2.38. The van der Waals surface area contributed by atoms with Crippen molar-refractivity contribution in [2.24, 2.45) is 10.7 Å². The van der Waals surface area contributed by atoms with Gasteiger partial charge in [-0.2, -0.15) is 5.26 Å². The molecule has 0 saturated heterocycles. The highest BCUT2D eigenvalue weighted by atomic mass is 79.9. The second kappa shape index (κ2) is 6.02. The van der Waals surface area contributed by atoms with Crippen LogP contribution in [0.4, 0.5) is 4.39 Å². The van der Waals surface area contributed by atoms with Crippen LogP contribution in [0.2, 0.25) is 0 Å². The van der Waals surface area contributed by atoms with Crippen LogP contribution >= 0.6 is 15.9 Å². The minimum atomic E-state index is -0.578. The Labute approximate surface area is 119 Å². The Bertz CT molecular complexity index is 538. The highest BCUT2D eigenvalue weighted by molar-refractivity contribution is 9.10. The lowest BCUT2D eigenvalue weighted by atomic mass is 10.1. The van der Waals surface area contributed by atoms with E-state index in [-0.39, 0.29) is 18.5 Å². The van der Waals surface area contributed by atoms with Crippen molar-refractivity contribution in [1.82, 2.24) is 4.90 Å². The first-order valence-electron chi connectivity index (χ1n) is 6.01. The molecule has 2 rings (SSSR count). The number of halogens is 2. The Morgan fingerprint density at radius 3 is 3.11 bits per heavy atom. The minimum absolute atomic E-state index is 0.0143. The van der Waals surface area contributed by atoms with E-state index in [2.05, 4.69) is 27.1 Å². The van der Waals surface area contributed by atoms with Gasteiger partial charge in [0, 0.05) is 4.47 Å². The lowest BCUT2D eigenvalue weighted by Crippen LogP contribution is -2.36. The maximum atomic E-state index is 12.1. The molecule has 1 aromatic rings. The van der Waals surface area contributed by atoms with Crippen molar-refractivity contribution in [3.05, 3.63) is 33.8 Å². The van der Waals surface area contributed by atoms with Gasteiger partial charge in [0.2, 0.25) is 5.96 Å². The molecule has 1 aliphatic carbocycles. The highest BCUT2D eigenvalue weighted by Gasteiger charge is 2.31. The average Bonchev–Trinajstić information content (AvgIpc) is 2.83. The molecule has 0 radical (unpaired) electrons. The van der Waals surface area contributed by atoms with Crippen LogP contribution in [-0.2, 0) is 6.42 Å². The summed E-state index contributed by atoms with van der Waals surface area (Å²) < 4.78 is 13.1. The van der Waals surface area contributed by atoms with Crippen LogP contribution in [0, 0.1) is 11.5 Å². The van der Waals surface area contributed by atoms with Crippen LogP contribution in [0.3, 0.4) is 0 Å². The molecule has 1 unspecified atom stereocenters. The molecule has 0 saturated carbocycles. The van der Waals surface area contributed by atoms with E-state index in [1.165, 1.54) is 10.5 Å². The SMILES string of the molecule is N#CN(C(N)=NCCF)C1CCc2cccc(Br)c21. The lowest BCUT2D eigenvalue weighted by Gasteiger charge is -2.23. The van der Waals surface area contributed by atoms with Crippen molar-refractivity contribution in [3.8, 4) is 6.19 Å². The summed E-state index contributed by atoms with van der Waals surface area (Å²) in [5.74, 6) is 0.0775. The number of alkyl halides is 1. The molecule has 2 N–H and O–H groups in total. The molecule has 1 aromatic carbocycles. The van der Waals surface area contributed by atoms with E-state index in [0.717, 1.165) is 22.9 Å². The second-order valence-corrected chi connectivity index (χ2v) is 5.12. The molecule has 0 aliphatic heterocycles. The van der Waals surface area contributed by atoms with Gasteiger partial charge in [0.15, 0.2) is 6.19 Å². The fourth-order valence-corrected chi connectivity index (χ4v) is 3.05. The molecule has 1 aliphatic rings. The van der Waals surface area contributed by atoms with Gasteiger partial charge in [0.1, 0.15) is 6.67 Å². The summed E-state index contributed by atoms with van der Waals surface area (Å²) in [7, 11) is 0. The molecule has 0 amide bonds. The molecule has 0 heterocycles. The number of aryl methyl sites for hydroxylation is 1. The zero-order valence-corrected chi connectivity index (χ0v) is 11.9. The minimum Gasteiger partial charge on any atom is -0.369 e. The molecule has 0 aromatic heterocycles. The van der Waals surface area contributed by atoms with Gasteiger partial charge in [-0.25, -0.2) is 14.3 Å². The normalized spacial score (nSPS) is 17.9. The third-order valence-corrected chi connectivity index (χ3v) is 3.88. The summed E-state index contributed by atoms with van der Waals surface area (Å²) in [6, 6.07) is 5.84. The number of nitriles is 1. The van der Waals surface area contributed by atoms with Crippen molar-refractivity contribution in [1.29, 1.82) is 5.26 Å². The number of nitrogens with zero attached hydrogens (tertiary/aromatic N) is 3. The summed E-state index contributed by atoms with van der Waals surface area (Å²) in [4.78, 5) is 5.24. The Morgan fingerprint density at radius 2 is 2.42 bits per heavy atom. The summed E-state index contributed by atoms with van der Waals surface area (Å²) in [6.45, 7) is -0.593. The van der Waals surface area contributed by atoms with Crippen LogP contribution in [-0.4, -0.2) is 24.1 Å². The van der Waals surface area contributed by atoms with Gasteiger partial charge in [0.25, 0.3) is 0 Å². The largest absolute Gasteiger partial charge is 0.369 e. The monoisotopic (exact) mass is 324 g/mol. The molecular formula is C13H14BrFN4. The van der Waals surface area contributed by atoms with E-state index >= 15 is 0 Å². The molecule has 0 bridgehead atoms. The highest BCUT2D eigenvalue weighted by Crippen LogP contribution is 2.39. The molecule has 100 valence electrons. The average molecular weight is 325 g/mol. The molecule has 0 fully saturated rings. The molecule has 6 heteroatoms. The Balaban J connectivity index is 2.32. The van der Waals surface area contributed by atoms with Gasteiger partial charge in [-0.3, -0.25) is 0 Å². The number of nitrogens with two attached hydrogens (primary N) is 1. The molecule has 0 spiro atoms. The summed E-state index contributed by atoms with van der Waals surface area (Å²) >= 11 is 3.51. The Kier molecular flexibility index (Phi) is 4.38. The molecule has 1 atom stereocenters. The van der Waals surface area contributed by atoms with Gasteiger partial charge in [-0.1, -0.05) is 28.1 Å². The van der Waals surface area contributed by atoms with E-state index < -0.39 is 6.67 Å². The van der Waals surface area contributed by atoms with Crippen LogP contribution < -0.4 is 5.73 Å². The topological polar surface area (TPSA) is 65.4 Å². The van der Waals surface area contributed by atoms with Crippen molar-refractivity contribution < 1.29 is 4.39 Å². The van der Waals surface area contributed by atoms with Crippen LogP contribution in [0.5, 0.6) is 0 Å². The van der Waals surface area contributed by atoms with Gasteiger partial charge < -0.3 is 5.73 Å². The first-order chi connectivity index (χ1) is 9.19. The third-order valence-electron chi connectivity index (χ3n) is 3.19. The number of rotatable bonds is 3. The van der Waals surface area contributed by atoms with E-state index in [1.54, 1.807) is 0 Å². The Hall–Kier alpha value is -1.61. The number of aliphatic imine (C=N–C) groups is 1. The number of fused-ring (bicyclic) bond motifs is 1. The van der Waals surface area contributed by atoms with E-state index in [4.69, 9.17) is 5.73 Å².